The zero-order valence-electron chi connectivity index (χ0n) is 20.0. The summed E-state index contributed by atoms with van der Waals surface area (Å²) < 4.78 is 2.26. The normalized spacial score (nSPS) is 12.9. The van der Waals surface area contributed by atoms with E-state index in [9.17, 15) is 19.5 Å². The smallest absolute Gasteiger partial charge is 0.355 e. The second-order valence-corrected chi connectivity index (χ2v) is 8.79. The van der Waals surface area contributed by atoms with E-state index in [4.69, 9.17) is 0 Å². The highest BCUT2D eigenvalue weighted by molar-refractivity contribution is 5.85. The molecule has 0 radical (unpaired) electrons. The minimum Gasteiger partial charge on any atom is -0.481 e. The van der Waals surface area contributed by atoms with Gasteiger partial charge < -0.3 is 10.4 Å². The van der Waals surface area contributed by atoms with Crippen molar-refractivity contribution in [3.8, 4) is 0 Å². The molecule has 0 spiro atoms. The molecule has 4 aromatic rings. The average molecular weight is 474 g/mol. The van der Waals surface area contributed by atoms with E-state index in [1.807, 2.05) is 62.4 Å². The summed E-state index contributed by atoms with van der Waals surface area (Å²) in [4.78, 5) is 46.5. The van der Waals surface area contributed by atoms with Crippen molar-refractivity contribution in [2.75, 3.05) is 5.32 Å². The van der Waals surface area contributed by atoms with Crippen molar-refractivity contribution in [2.24, 2.45) is 5.92 Å². The number of aryl methyl sites for hydroxylation is 2. The molecule has 0 aliphatic carbocycles. The van der Waals surface area contributed by atoms with Crippen molar-refractivity contribution in [2.45, 2.75) is 40.3 Å². The maximum absolute atomic E-state index is 13.5. The number of aliphatic carboxylic acids is 1. The van der Waals surface area contributed by atoms with Gasteiger partial charge in [0.05, 0.1) is 24.0 Å². The number of fused-ring (bicyclic) bond motifs is 1. The molecular weight excluding hydrogens is 446 g/mol. The van der Waals surface area contributed by atoms with Gasteiger partial charge in [0.2, 0.25) is 5.95 Å². The fourth-order valence-electron chi connectivity index (χ4n) is 3.90. The maximum atomic E-state index is 13.5. The number of anilines is 2. The fraction of sp³-hybridized carbons (Fsp3) is 0.269. The van der Waals surface area contributed by atoms with Gasteiger partial charge in [0.1, 0.15) is 0 Å². The second kappa shape index (κ2) is 9.54. The number of nitrogens with one attached hydrogen (secondary N) is 1. The lowest BCUT2D eigenvalue weighted by molar-refractivity contribution is -0.142. The van der Waals surface area contributed by atoms with Gasteiger partial charge in [0.15, 0.2) is 0 Å². The first kappa shape index (κ1) is 23.9. The van der Waals surface area contributed by atoms with E-state index < -0.39 is 29.3 Å². The fourth-order valence-corrected chi connectivity index (χ4v) is 3.90. The van der Waals surface area contributed by atoms with Gasteiger partial charge in [-0.05, 0) is 57.0 Å². The molecule has 2 atom stereocenters. The van der Waals surface area contributed by atoms with Crippen LogP contribution in [0.25, 0.3) is 10.9 Å². The highest BCUT2D eigenvalue weighted by atomic mass is 16.4. The Bertz CT molecular complexity index is 1520. The highest BCUT2D eigenvalue weighted by Crippen LogP contribution is 2.22. The number of carbonyl (C=O) groups is 1. The maximum Gasteiger partial charge on any atom is 0.355 e. The number of hydrogen-bond donors (Lipinski definition) is 2. The predicted molar refractivity (Wildman–Crippen MR) is 134 cm³/mol. The molecule has 0 aliphatic heterocycles. The van der Waals surface area contributed by atoms with Crippen molar-refractivity contribution >= 4 is 28.5 Å². The number of hydrogen-bond acceptors (Lipinski definition) is 6. The Morgan fingerprint density at radius 3 is 2.46 bits per heavy atom. The highest BCUT2D eigenvalue weighted by Gasteiger charge is 2.26. The topological polar surface area (TPSA) is 119 Å². The first-order valence-corrected chi connectivity index (χ1v) is 11.3. The molecule has 2 N–H and O–H groups in total. The quantitative estimate of drug-likeness (QED) is 0.420. The van der Waals surface area contributed by atoms with Crippen LogP contribution in [0.1, 0.15) is 36.6 Å². The number of benzene rings is 2. The van der Waals surface area contributed by atoms with E-state index >= 15 is 0 Å². The van der Waals surface area contributed by atoms with E-state index in [-0.39, 0.29) is 12.5 Å². The summed E-state index contributed by atoms with van der Waals surface area (Å²) in [5, 5.41) is 13.5. The standard InChI is InChI=1S/C26H27N5O4/c1-15-5-7-19(8-6-15)14-30-24(28-20-9-10-21-16(2)11-12-27-22(21)13-20)29-25(34)31(26(30)35)18(4)17(3)23(32)33/h5-13,17-18H,14H2,1-4H3,(H,32,33)(H,28,29,34)/t17-,18?/m1/s1. The van der Waals surface area contributed by atoms with E-state index in [1.165, 1.54) is 18.4 Å². The summed E-state index contributed by atoms with van der Waals surface area (Å²) in [6.07, 6.45) is 1.72. The third kappa shape index (κ3) is 4.84. The van der Waals surface area contributed by atoms with Crippen molar-refractivity contribution in [1.29, 1.82) is 0 Å². The summed E-state index contributed by atoms with van der Waals surface area (Å²) in [7, 11) is 0. The third-order valence-corrected chi connectivity index (χ3v) is 6.30. The van der Waals surface area contributed by atoms with Gasteiger partial charge in [-0.2, -0.15) is 4.98 Å². The average Bonchev–Trinajstić information content (AvgIpc) is 2.82. The molecule has 1 unspecified atom stereocenters. The van der Waals surface area contributed by atoms with Crippen LogP contribution in [0.15, 0.2) is 64.3 Å². The summed E-state index contributed by atoms with van der Waals surface area (Å²) in [5.41, 5.74) is 2.92. The van der Waals surface area contributed by atoms with E-state index in [0.29, 0.717) is 5.69 Å². The molecule has 0 saturated heterocycles. The number of aromatic nitrogens is 4. The van der Waals surface area contributed by atoms with Crippen LogP contribution in [0.3, 0.4) is 0 Å². The molecule has 35 heavy (non-hydrogen) atoms. The van der Waals surface area contributed by atoms with Gasteiger partial charge in [-0.1, -0.05) is 35.9 Å². The van der Waals surface area contributed by atoms with Crippen LogP contribution in [0.4, 0.5) is 11.6 Å². The number of carboxylic acids is 1. The Morgan fingerprint density at radius 1 is 1.06 bits per heavy atom. The molecule has 2 aromatic carbocycles. The molecule has 0 saturated carbocycles. The minimum atomic E-state index is -1.10. The molecule has 2 heterocycles. The van der Waals surface area contributed by atoms with Crippen LogP contribution >= 0.6 is 0 Å². The van der Waals surface area contributed by atoms with Crippen LogP contribution in [-0.4, -0.2) is 30.2 Å². The molecule has 2 aromatic heterocycles. The monoisotopic (exact) mass is 473 g/mol. The zero-order valence-corrected chi connectivity index (χ0v) is 20.0. The Labute approximate surface area is 201 Å². The Morgan fingerprint density at radius 2 is 1.77 bits per heavy atom. The Hall–Kier alpha value is -4.27. The Balaban J connectivity index is 1.83. The SMILES string of the molecule is Cc1ccc(Cn2c(Nc3ccc4c(C)ccnc4c3)nc(=O)n(C(C)[C@@H](C)C(=O)O)c2=O)cc1. The van der Waals surface area contributed by atoms with Gasteiger partial charge >= 0.3 is 17.3 Å². The predicted octanol–water partition coefficient (Wildman–Crippen LogP) is 3.64. The molecule has 0 fully saturated rings. The molecule has 180 valence electrons. The largest absolute Gasteiger partial charge is 0.481 e. The van der Waals surface area contributed by atoms with Crippen LogP contribution in [0, 0.1) is 19.8 Å². The number of nitrogens with zero attached hydrogens (tertiary/aromatic N) is 4. The number of carboxylic acid groups (broad SMARTS) is 1. The molecule has 0 aliphatic rings. The number of pyridine rings is 1. The third-order valence-electron chi connectivity index (χ3n) is 6.30. The first-order chi connectivity index (χ1) is 16.7. The van der Waals surface area contributed by atoms with Crippen LogP contribution < -0.4 is 16.7 Å². The van der Waals surface area contributed by atoms with E-state index in [2.05, 4.69) is 15.3 Å². The summed E-state index contributed by atoms with van der Waals surface area (Å²) in [6, 6.07) is 14.3. The van der Waals surface area contributed by atoms with Crippen LogP contribution in [-0.2, 0) is 11.3 Å². The molecule has 4 rings (SSSR count). The molecule has 9 nitrogen and oxygen atoms in total. The van der Waals surface area contributed by atoms with Gasteiger partial charge in [-0.15, -0.1) is 0 Å². The second-order valence-electron chi connectivity index (χ2n) is 8.79. The van der Waals surface area contributed by atoms with Crippen LogP contribution in [0.5, 0.6) is 0 Å². The molecule has 0 bridgehead atoms. The summed E-state index contributed by atoms with van der Waals surface area (Å²) >= 11 is 0. The van der Waals surface area contributed by atoms with E-state index in [0.717, 1.165) is 32.2 Å². The van der Waals surface area contributed by atoms with Gasteiger partial charge in [-0.3, -0.25) is 14.3 Å². The molecule has 0 amide bonds. The van der Waals surface area contributed by atoms with Crippen LogP contribution in [0.2, 0.25) is 0 Å². The van der Waals surface area contributed by atoms with Gasteiger partial charge in [-0.25, -0.2) is 14.2 Å². The first-order valence-electron chi connectivity index (χ1n) is 11.3. The van der Waals surface area contributed by atoms with Gasteiger partial charge in [0, 0.05) is 17.3 Å². The number of rotatable bonds is 7. The lowest BCUT2D eigenvalue weighted by Crippen LogP contribution is -2.46. The molecule has 9 heteroatoms. The van der Waals surface area contributed by atoms with Crippen molar-refractivity contribution in [3.05, 3.63) is 92.4 Å². The minimum absolute atomic E-state index is 0.0685. The Kier molecular flexibility index (Phi) is 6.50. The zero-order chi connectivity index (χ0) is 25.3. The lowest BCUT2D eigenvalue weighted by Gasteiger charge is -2.21. The summed E-state index contributed by atoms with van der Waals surface area (Å²) in [6.45, 7) is 7.10. The molecular formula is C26H27N5O4. The van der Waals surface area contributed by atoms with Crippen molar-refractivity contribution in [3.63, 3.8) is 0 Å². The summed E-state index contributed by atoms with van der Waals surface area (Å²) in [5.74, 6) is -1.99. The van der Waals surface area contributed by atoms with Gasteiger partial charge in [0.25, 0.3) is 0 Å². The van der Waals surface area contributed by atoms with E-state index in [1.54, 1.807) is 6.20 Å². The van der Waals surface area contributed by atoms with Crippen molar-refractivity contribution in [1.82, 2.24) is 19.1 Å². The van der Waals surface area contributed by atoms with Crippen molar-refractivity contribution < 1.29 is 9.90 Å². The lowest BCUT2D eigenvalue weighted by atomic mass is 10.0.